The minimum absolute atomic E-state index is 0.525. The van der Waals surface area contributed by atoms with Crippen LogP contribution in [0.3, 0.4) is 0 Å². The largest absolute Gasteiger partial charge is 0.232 e. The van der Waals surface area contributed by atoms with Gasteiger partial charge in [0.15, 0.2) is 0 Å². The number of halogens is 1. The lowest BCUT2D eigenvalue weighted by molar-refractivity contribution is 0.931. The van der Waals surface area contributed by atoms with Gasteiger partial charge < -0.3 is 0 Å². The summed E-state index contributed by atoms with van der Waals surface area (Å²) in [6.45, 7) is 2.08. The van der Waals surface area contributed by atoms with Crippen LogP contribution in [0.1, 0.15) is 30.1 Å². The van der Waals surface area contributed by atoms with Crippen molar-refractivity contribution in [1.29, 1.82) is 0 Å². The number of aromatic nitrogens is 2. The molecular weight excluding hydrogens is 232 g/mol. The Morgan fingerprint density at radius 1 is 1.18 bits per heavy atom. The molecule has 0 aliphatic heterocycles. The first-order chi connectivity index (χ1) is 8.22. The third kappa shape index (κ3) is 2.32. The fourth-order valence-corrected chi connectivity index (χ4v) is 2.10. The highest BCUT2D eigenvalue weighted by atomic mass is 35.5. The van der Waals surface area contributed by atoms with E-state index in [1.54, 1.807) is 0 Å². The van der Waals surface area contributed by atoms with Crippen molar-refractivity contribution in [2.75, 3.05) is 0 Å². The number of nitrogens with zero attached hydrogens (tertiary/aromatic N) is 2. The van der Waals surface area contributed by atoms with Crippen LogP contribution in [0.2, 0.25) is 5.15 Å². The van der Waals surface area contributed by atoms with E-state index in [-0.39, 0.29) is 0 Å². The quantitative estimate of drug-likeness (QED) is 0.747. The molecule has 0 atom stereocenters. The first-order valence-electron chi connectivity index (χ1n) is 5.84. The summed E-state index contributed by atoms with van der Waals surface area (Å²) in [4.78, 5) is 8.91. The molecule has 0 unspecified atom stereocenters. The molecule has 1 heterocycles. The highest BCUT2D eigenvalue weighted by Crippen LogP contribution is 2.39. The summed E-state index contributed by atoms with van der Waals surface area (Å²) in [6.07, 6.45) is 2.38. The van der Waals surface area contributed by atoms with Crippen LogP contribution in [0.15, 0.2) is 30.3 Å². The molecule has 3 heteroatoms. The van der Waals surface area contributed by atoms with Gasteiger partial charge in [0, 0.05) is 17.5 Å². The Morgan fingerprint density at radius 3 is 2.71 bits per heavy atom. The van der Waals surface area contributed by atoms with E-state index in [9.17, 15) is 0 Å². The van der Waals surface area contributed by atoms with Crippen molar-refractivity contribution in [3.8, 4) is 11.3 Å². The van der Waals surface area contributed by atoms with Gasteiger partial charge >= 0.3 is 0 Å². The zero-order valence-corrected chi connectivity index (χ0v) is 10.4. The van der Waals surface area contributed by atoms with Gasteiger partial charge in [-0.15, -0.1) is 0 Å². The van der Waals surface area contributed by atoms with Crippen molar-refractivity contribution < 1.29 is 0 Å². The number of hydrogen-bond donors (Lipinski definition) is 0. The van der Waals surface area contributed by atoms with Crippen molar-refractivity contribution in [3.05, 3.63) is 46.9 Å². The Morgan fingerprint density at radius 2 is 2.00 bits per heavy atom. The molecular formula is C14H13ClN2. The minimum Gasteiger partial charge on any atom is -0.232 e. The zero-order valence-electron chi connectivity index (χ0n) is 9.65. The normalized spacial score (nSPS) is 14.9. The maximum atomic E-state index is 6.06. The number of hydrogen-bond acceptors (Lipinski definition) is 2. The molecule has 1 fully saturated rings. The molecule has 0 N–H and O–H groups in total. The maximum Gasteiger partial charge on any atom is 0.133 e. The van der Waals surface area contributed by atoms with Gasteiger partial charge in [0.2, 0.25) is 0 Å². The Labute approximate surface area is 106 Å². The molecule has 17 heavy (non-hydrogen) atoms. The molecule has 0 spiro atoms. The fourth-order valence-electron chi connectivity index (χ4n) is 1.91. The average Bonchev–Trinajstić information content (AvgIpc) is 3.12. The van der Waals surface area contributed by atoms with Crippen LogP contribution in [-0.2, 0) is 0 Å². The second kappa shape index (κ2) is 4.11. The fraction of sp³-hybridized carbons (Fsp3) is 0.286. The summed E-state index contributed by atoms with van der Waals surface area (Å²) in [5.41, 5.74) is 3.26. The van der Waals surface area contributed by atoms with E-state index >= 15 is 0 Å². The van der Waals surface area contributed by atoms with Crippen molar-refractivity contribution in [1.82, 2.24) is 9.97 Å². The van der Waals surface area contributed by atoms with E-state index in [1.807, 2.05) is 12.1 Å². The standard InChI is InChI=1S/C14H13ClN2/c1-9-3-2-4-11(7-9)12-8-13(15)17-14(16-12)10-5-6-10/h2-4,7-8,10H,5-6H2,1H3. The number of rotatable bonds is 2. The summed E-state index contributed by atoms with van der Waals surface area (Å²) in [5, 5.41) is 0.540. The molecule has 0 saturated heterocycles. The van der Waals surface area contributed by atoms with Gasteiger partial charge in [-0.25, -0.2) is 9.97 Å². The first kappa shape index (κ1) is 10.7. The predicted molar refractivity (Wildman–Crippen MR) is 69.2 cm³/mol. The summed E-state index contributed by atoms with van der Waals surface area (Å²) >= 11 is 6.06. The lowest BCUT2D eigenvalue weighted by Crippen LogP contribution is -1.95. The molecule has 1 aliphatic rings. The Kier molecular flexibility index (Phi) is 2.60. The van der Waals surface area contributed by atoms with E-state index in [0.717, 1.165) is 17.1 Å². The zero-order chi connectivity index (χ0) is 11.8. The van der Waals surface area contributed by atoms with Gasteiger partial charge in [-0.1, -0.05) is 35.4 Å². The van der Waals surface area contributed by atoms with Gasteiger partial charge in [0.05, 0.1) is 5.69 Å². The minimum atomic E-state index is 0.525. The van der Waals surface area contributed by atoms with Crippen LogP contribution in [0.25, 0.3) is 11.3 Å². The molecule has 86 valence electrons. The van der Waals surface area contributed by atoms with Crippen LogP contribution in [-0.4, -0.2) is 9.97 Å². The van der Waals surface area contributed by atoms with Crippen molar-refractivity contribution in [2.24, 2.45) is 0 Å². The average molecular weight is 245 g/mol. The Bertz CT molecular complexity index is 562. The topological polar surface area (TPSA) is 25.8 Å². The van der Waals surface area contributed by atoms with Gasteiger partial charge in [-0.05, 0) is 25.8 Å². The van der Waals surface area contributed by atoms with Gasteiger partial charge in [0.1, 0.15) is 11.0 Å². The molecule has 1 aromatic carbocycles. The molecule has 2 aromatic rings. The second-order valence-electron chi connectivity index (χ2n) is 4.58. The highest BCUT2D eigenvalue weighted by molar-refractivity contribution is 6.29. The molecule has 1 aromatic heterocycles. The second-order valence-corrected chi connectivity index (χ2v) is 4.97. The lowest BCUT2D eigenvalue weighted by Gasteiger charge is -2.05. The van der Waals surface area contributed by atoms with E-state index < -0.39 is 0 Å². The molecule has 0 amide bonds. The third-order valence-corrected chi connectivity index (χ3v) is 3.16. The summed E-state index contributed by atoms with van der Waals surface area (Å²) < 4.78 is 0. The predicted octanol–water partition coefficient (Wildman–Crippen LogP) is 3.98. The molecule has 3 rings (SSSR count). The van der Waals surface area contributed by atoms with Crippen LogP contribution < -0.4 is 0 Å². The summed E-state index contributed by atoms with van der Waals surface area (Å²) in [5.74, 6) is 1.42. The van der Waals surface area contributed by atoms with Crippen molar-refractivity contribution >= 4 is 11.6 Å². The maximum absolute atomic E-state index is 6.06. The van der Waals surface area contributed by atoms with Gasteiger partial charge in [0.25, 0.3) is 0 Å². The van der Waals surface area contributed by atoms with E-state index in [0.29, 0.717) is 11.1 Å². The molecule has 2 nitrogen and oxygen atoms in total. The SMILES string of the molecule is Cc1cccc(-c2cc(Cl)nc(C3CC3)n2)c1. The molecule has 1 aliphatic carbocycles. The van der Waals surface area contributed by atoms with E-state index in [2.05, 4.69) is 35.1 Å². The summed E-state index contributed by atoms with van der Waals surface area (Å²) in [6, 6.07) is 10.1. The third-order valence-electron chi connectivity index (χ3n) is 2.97. The Hall–Kier alpha value is -1.41. The summed E-state index contributed by atoms with van der Waals surface area (Å²) in [7, 11) is 0. The van der Waals surface area contributed by atoms with Crippen LogP contribution in [0.4, 0.5) is 0 Å². The highest BCUT2D eigenvalue weighted by Gasteiger charge is 2.27. The van der Waals surface area contributed by atoms with Crippen LogP contribution >= 0.6 is 11.6 Å². The molecule has 0 bridgehead atoms. The van der Waals surface area contributed by atoms with Gasteiger partial charge in [-0.2, -0.15) is 0 Å². The van der Waals surface area contributed by atoms with Crippen molar-refractivity contribution in [3.63, 3.8) is 0 Å². The Balaban J connectivity index is 2.07. The lowest BCUT2D eigenvalue weighted by atomic mass is 10.1. The first-order valence-corrected chi connectivity index (χ1v) is 6.22. The number of benzene rings is 1. The van der Waals surface area contributed by atoms with E-state index in [1.165, 1.54) is 18.4 Å². The molecule has 0 radical (unpaired) electrons. The monoisotopic (exact) mass is 244 g/mol. The van der Waals surface area contributed by atoms with Gasteiger partial charge in [-0.3, -0.25) is 0 Å². The smallest absolute Gasteiger partial charge is 0.133 e. The van der Waals surface area contributed by atoms with Crippen LogP contribution in [0, 0.1) is 6.92 Å². The van der Waals surface area contributed by atoms with Crippen molar-refractivity contribution in [2.45, 2.75) is 25.7 Å². The van der Waals surface area contributed by atoms with Crippen LogP contribution in [0.5, 0.6) is 0 Å². The van der Waals surface area contributed by atoms with E-state index in [4.69, 9.17) is 11.6 Å². The number of aryl methyl sites for hydroxylation is 1. The molecule has 1 saturated carbocycles.